The molecule has 1 heterocycles. The van der Waals surface area contributed by atoms with Gasteiger partial charge >= 0.3 is 11.9 Å². The molecule has 3 rings (SSSR count). The Labute approximate surface area is 113 Å². The summed E-state index contributed by atoms with van der Waals surface area (Å²) in [6, 6.07) is 0. The summed E-state index contributed by atoms with van der Waals surface area (Å²) in [6.07, 6.45) is 2.29. The van der Waals surface area contributed by atoms with Crippen LogP contribution in [-0.4, -0.2) is 23.6 Å². The van der Waals surface area contributed by atoms with Crippen molar-refractivity contribution in [1.29, 1.82) is 0 Å². The molecule has 0 spiro atoms. The van der Waals surface area contributed by atoms with Gasteiger partial charge in [-0.2, -0.15) is 0 Å². The molecule has 4 nitrogen and oxygen atoms in total. The number of esters is 2. The van der Waals surface area contributed by atoms with E-state index in [1.165, 1.54) is 0 Å². The average molecular weight is 266 g/mol. The number of carbonyl (C=O) groups excluding carboxylic acids is 2. The monoisotopic (exact) mass is 266 g/mol. The van der Waals surface area contributed by atoms with Crippen LogP contribution in [-0.2, 0) is 19.1 Å². The summed E-state index contributed by atoms with van der Waals surface area (Å²) in [4.78, 5) is 24.1. The molecule has 0 amide bonds. The van der Waals surface area contributed by atoms with Gasteiger partial charge < -0.3 is 9.47 Å². The minimum absolute atomic E-state index is 0.0564. The smallest absolute Gasteiger partial charge is 0.312 e. The molecule has 0 N–H and O–H groups in total. The van der Waals surface area contributed by atoms with Crippen LogP contribution in [0.2, 0.25) is 0 Å². The molecule has 1 aliphatic heterocycles. The topological polar surface area (TPSA) is 52.6 Å². The van der Waals surface area contributed by atoms with Crippen LogP contribution >= 0.6 is 0 Å². The Kier molecular flexibility index (Phi) is 2.55. The maximum atomic E-state index is 12.3. The van der Waals surface area contributed by atoms with Gasteiger partial charge in [-0.05, 0) is 40.0 Å². The molecule has 3 fully saturated rings. The molecule has 5 unspecified atom stereocenters. The van der Waals surface area contributed by atoms with Crippen LogP contribution in [0.1, 0.15) is 47.0 Å². The van der Waals surface area contributed by atoms with Crippen LogP contribution in [0.3, 0.4) is 0 Å². The van der Waals surface area contributed by atoms with Crippen LogP contribution in [0.25, 0.3) is 0 Å². The normalized spacial score (nSPS) is 43.5. The van der Waals surface area contributed by atoms with Gasteiger partial charge in [0, 0.05) is 11.8 Å². The molecule has 4 heteroatoms. The van der Waals surface area contributed by atoms with Crippen molar-refractivity contribution in [3.8, 4) is 0 Å². The fourth-order valence-corrected chi connectivity index (χ4v) is 3.84. The van der Waals surface area contributed by atoms with Crippen molar-refractivity contribution in [3.63, 3.8) is 0 Å². The van der Waals surface area contributed by atoms with Crippen molar-refractivity contribution in [2.75, 3.05) is 0 Å². The summed E-state index contributed by atoms with van der Waals surface area (Å²) < 4.78 is 11.3. The second kappa shape index (κ2) is 3.74. The van der Waals surface area contributed by atoms with Crippen molar-refractivity contribution >= 4 is 11.9 Å². The zero-order valence-electron chi connectivity index (χ0n) is 12.1. The van der Waals surface area contributed by atoms with Crippen LogP contribution < -0.4 is 0 Å². The summed E-state index contributed by atoms with van der Waals surface area (Å²) in [6.45, 7) is 7.72. The summed E-state index contributed by atoms with van der Waals surface area (Å²) in [5.74, 6) is 0.327. The van der Waals surface area contributed by atoms with Gasteiger partial charge in [0.05, 0.1) is 11.3 Å². The maximum absolute atomic E-state index is 12.3. The van der Waals surface area contributed by atoms with Gasteiger partial charge in [0.1, 0.15) is 11.7 Å². The van der Waals surface area contributed by atoms with Crippen molar-refractivity contribution in [1.82, 2.24) is 0 Å². The van der Waals surface area contributed by atoms with Crippen LogP contribution in [0, 0.1) is 23.2 Å². The van der Waals surface area contributed by atoms with E-state index in [2.05, 4.69) is 0 Å². The summed E-state index contributed by atoms with van der Waals surface area (Å²) in [5.41, 5.74) is -1.09. The SMILES string of the molecule is CCC(C)(C)C(=O)OC1(C)C2CC3C(=O)OC1C3C2. The molecular weight excluding hydrogens is 244 g/mol. The lowest BCUT2D eigenvalue weighted by molar-refractivity contribution is -0.188. The predicted molar refractivity (Wildman–Crippen MR) is 68.2 cm³/mol. The first-order chi connectivity index (χ1) is 8.79. The number of fused-ring (bicyclic) bond motifs is 1. The minimum atomic E-state index is -0.614. The highest BCUT2D eigenvalue weighted by Gasteiger charge is 2.69. The largest absolute Gasteiger partial charge is 0.458 e. The van der Waals surface area contributed by atoms with Gasteiger partial charge in [0.25, 0.3) is 0 Å². The molecule has 2 aliphatic carbocycles. The van der Waals surface area contributed by atoms with Gasteiger partial charge in [-0.15, -0.1) is 0 Å². The molecule has 0 aromatic carbocycles. The Morgan fingerprint density at radius 1 is 1.47 bits per heavy atom. The summed E-state index contributed by atoms with van der Waals surface area (Å²) in [7, 11) is 0. The van der Waals surface area contributed by atoms with Gasteiger partial charge in [-0.25, -0.2) is 0 Å². The van der Waals surface area contributed by atoms with E-state index in [1.807, 2.05) is 27.7 Å². The first-order valence-corrected chi connectivity index (χ1v) is 7.23. The Morgan fingerprint density at radius 2 is 2.16 bits per heavy atom. The lowest BCUT2D eigenvalue weighted by atomic mass is 9.79. The maximum Gasteiger partial charge on any atom is 0.312 e. The molecule has 0 radical (unpaired) electrons. The Bertz CT molecular complexity index is 441. The summed E-state index contributed by atoms with van der Waals surface area (Å²) >= 11 is 0. The highest BCUT2D eigenvalue weighted by atomic mass is 16.6. The quantitative estimate of drug-likeness (QED) is 0.736. The highest BCUT2D eigenvalue weighted by Crippen LogP contribution is 2.60. The lowest BCUT2D eigenvalue weighted by Gasteiger charge is -2.38. The lowest BCUT2D eigenvalue weighted by Crippen LogP contribution is -2.49. The predicted octanol–water partition coefficient (Wildman–Crippen LogP) is 2.31. The first kappa shape index (κ1) is 12.9. The molecule has 3 aliphatic rings. The third-order valence-corrected chi connectivity index (χ3v) is 5.67. The fraction of sp³-hybridized carbons (Fsp3) is 0.867. The number of ether oxygens (including phenoxy) is 2. The van der Waals surface area contributed by atoms with Crippen molar-refractivity contribution in [2.24, 2.45) is 23.2 Å². The molecule has 0 aromatic heterocycles. The van der Waals surface area contributed by atoms with Crippen molar-refractivity contribution in [2.45, 2.75) is 58.7 Å². The molecule has 0 aromatic rings. The summed E-state index contributed by atoms with van der Waals surface area (Å²) in [5, 5.41) is 0. The second-order valence-electron chi connectivity index (χ2n) is 7.11. The molecule has 2 bridgehead atoms. The Balaban J connectivity index is 1.82. The Morgan fingerprint density at radius 3 is 2.79 bits per heavy atom. The van der Waals surface area contributed by atoms with Gasteiger partial charge in [0.15, 0.2) is 0 Å². The second-order valence-corrected chi connectivity index (χ2v) is 7.11. The van der Waals surface area contributed by atoms with E-state index in [4.69, 9.17) is 9.47 Å². The standard InChI is InChI=1S/C15H22O4/c1-5-14(2,3)13(17)19-15(4)8-6-9-10(7-8)12(16)18-11(9)15/h8-11H,5-7H2,1-4H3. The minimum Gasteiger partial charge on any atom is -0.458 e. The van der Waals surface area contributed by atoms with Gasteiger partial charge in [-0.1, -0.05) is 6.92 Å². The van der Waals surface area contributed by atoms with E-state index >= 15 is 0 Å². The number of hydrogen-bond acceptors (Lipinski definition) is 4. The Hall–Kier alpha value is -1.06. The van der Waals surface area contributed by atoms with E-state index in [-0.39, 0.29) is 35.8 Å². The zero-order valence-corrected chi connectivity index (χ0v) is 12.1. The van der Waals surface area contributed by atoms with Crippen LogP contribution in [0.5, 0.6) is 0 Å². The third kappa shape index (κ3) is 1.58. The number of rotatable bonds is 3. The number of carbonyl (C=O) groups is 2. The molecule has 1 saturated heterocycles. The van der Waals surface area contributed by atoms with Gasteiger partial charge in [-0.3, -0.25) is 9.59 Å². The zero-order chi connectivity index (χ0) is 14.0. The molecule has 5 atom stereocenters. The van der Waals surface area contributed by atoms with E-state index in [0.717, 1.165) is 19.3 Å². The number of hydrogen-bond donors (Lipinski definition) is 0. The fourth-order valence-electron chi connectivity index (χ4n) is 3.84. The first-order valence-electron chi connectivity index (χ1n) is 7.23. The molecule has 19 heavy (non-hydrogen) atoms. The van der Waals surface area contributed by atoms with Crippen LogP contribution in [0.4, 0.5) is 0 Å². The highest BCUT2D eigenvalue weighted by molar-refractivity contribution is 5.79. The molecule has 2 saturated carbocycles. The average Bonchev–Trinajstić information content (AvgIpc) is 2.94. The van der Waals surface area contributed by atoms with E-state index in [0.29, 0.717) is 0 Å². The molecular formula is C15H22O4. The van der Waals surface area contributed by atoms with E-state index in [9.17, 15) is 9.59 Å². The van der Waals surface area contributed by atoms with E-state index in [1.54, 1.807) is 0 Å². The van der Waals surface area contributed by atoms with Gasteiger partial charge in [0.2, 0.25) is 0 Å². The van der Waals surface area contributed by atoms with Crippen LogP contribution in [0.15, 0.2) is 0 Å². The van der Waals surface area contributed by atoms with E-state index < -0.39 is 11.0 Å². The third-order valence-electron chi connectivity index (χ3n) is 5.67. The van der Waals surface area contributed by atoms with Crippen molar-refractivity contribution < 1.29 is 19.1 Å². The molecule has 106 valence electrons. The van der Waals surface area contributed by atoms with Crippen molar-refractivity contribution in [3.05, 3.63) is 0 Å².